The molecule has 2 amide bonds. The molecule has 19 heavy (non-hydrogen) atoms. The van der Waals surface area contributed by atoms with Crippen molar-refractivity contribution in [2.45, 2.75) is 19.3 Å². The molecule has 0 heterocycles. The van der Waals surface area contributed by atoms with Crippen molar-refractivity contribution in [1.29, 1.82) is 0 Å². The van der Waals surface area contributed by atoms with Crippen LogP contribution in [-0.2, 0) is 30.2 Å². The van der Waals surface area contributed by atoms with E-state index in [9.17, 15) is 9.59 Å². The molecule has 0 aliphatic carbocycles. The van der Waals surface area contributed by atoms with Crippen molar-refractivity contribution in [3.8, 4) is 0 Å². The Bertz CT molecular complexity index is 300. The molecule has 6 nitrogen and oxygen atoms in total. The molecule has 0 saturated carbocycles. The van der Waals surface area contributed by atoms with Gasteiger partial charge in [0.2, 0.25) is 11.8 Å². The summed E-state index contributed by atoms with van der Waals surface area (Å²) in [5, 5.41) is 5.48. The lowest BCUT2D eigenvalue weighted by Crippen LogP contribution is -2.30. The second kappa shape index (κ2) is 12.5. The molecule has 0 radical (unpaired) electrons. The van der Waals surface area contributed by atoms with Crippen molar-refractivity contribution in [2.24, 2.45) is 11.5 Å². The van der Waals surface area contributed by atoms with Crippen LogP contribution < -0.4 is 22.1 Å². The minimum atomic E-state index is -0.180. The van der Waals surface area contributed by atoms with Crippen LogP contribution in [0.25, 0.3) is 0 Å². The largest absolute Gasteiger partial charge is 0.355 e. The zero-order valence-corrected chi connectivity index (χ0v) is 12.8. The number of hydrogen-bond donors (Lipinski definition) is 4. The zero-order valence-electron chi connectivity index (χ0n) is 11.2. The first kappa shape index (κ1) is 18.4. The number of nitrogens with two attached hydrogens (primary N) is 2. The topological polar surface area (TPSA) is 110 Å². The van der Waals surface area contributed by atoms with Gasteiger partial charge in [0.25, 0.3) is 0 Å². The highest BCUT2D eigenvalue weighted by Gasteiger charge is 2.03. The van der Waals surface area contributed by atoms with E-state index in [1.165, 1.54) is 0 Å². The molecule has 0 spiro atoms. The highest BCUT2D eigenvalue weighted by atomic mass is 32.8. The number of carbonyl (C=O) groups excluding carboxylic acids is 2. The van der Waals surface area contributed by atoms with E-state index in [-0.39, 0.29) is 21.3 Å². The second-order valence-electron chi connectivity index (χ2n) is 3.98. The SMILES string of the molecule is NCCNC(=O)CCCS(=S)CCNC(=O)CCN. The molecular formula is C11H24N4O2S2. The zero-order chi connectivity index (χ0) is 14.5. The van der Waals surface area contributed by atoms with Crippen LogP contribution in [0.1, 0.15) is 19.3 Å². The van der Waals surface area contributed by atoms with Gasteiger partial charge >= 0.3 is 0 Å². The summed E-state index contributed by atoms with van der Waals surface area (Å²) in [6, 6.07) is 0. The summed E-state index contributed by atoms with van der Waals surface area (Å²) in [4.78, 5) is 22.4. The van der Waals surface area contributed by atoms with Crippen LogP contribution in [-0.4, -0.2) is 49.5 Å². The Kier molecular flexibility index (Phi) is 12.1. The molecule has 0 bridgehead atoms. The molecule has 0 aromatic carbocycles. The maximum atomic E-state index is 11.3. The van der Waals surface area contributed by atoms with Crippen molar-refractivity contribution in [3.63, 3.8) is 0 Å². The lowest BCUT2D eigenvalue weighted by molar-refractivity contribution is -0.121. The third-order valence-corrected chi connectivity index (χ3v) is 4.67. The molecular weight excluding hydrogens is 284 g/mol. The van der Waals surface area contributed by atoms with Crippen LogP contribution in [0.3, 0.4) is 0 Å². The van der Waals surface area contributed by atoms with Gasteiger partial charge in [-0.05, 0) is 12.2 Å². The van der Waals surface area contributed by atoms with Gasteiger partial charge in [-0.3, -0.25) is 9.59 Å². The van der Waals surface area contributed by atoms with Gasteiger partial charge in [0.05, 0.1) is 0 Å². The van der Waals surface area contributed by atoms with E-state index in [0.717, 1.165) is 17.9 Å². The number of rotatable bonds is 11. The van der Waals surface area contributed by atoms with Crippen molar-refractivity contribution in [2.75, 3.05) is 37.7 Å². The van der Waals surface area contributed by atoms with Crippen LogP contribution >= 0.6 is 0 Å². The maximum absolute atomic E-state index is 11.3. The minimum Gasteiger partial charge on any atom is -0.355 e. The summed E-state index contributed by atoms with van der Waals surface area (Å²) in [5.41, 5.74) is 10.5. The van der Waals surface area contributed by atoms with Gasteiger partial charge in [-0.15, -0.1) is 9.45 Å². The molecule has 6 N–H and O–H groups in total. The van der Waals surface area contributed by atoms with Gasteiger partial charge in [-0.25, -0.2) is 0 Å². The summed E-state index contributed by atoms with van der Waals surface area (Å²) >= 11 is 5.29. The third-order valence-electron chi connectivity index (χ3n) is 2.27. The summed E-state index contributed by atoms with van der Waals surface area (Å²) in [5.74, 6) is 1.60. The molecule has 1 atom stereocenters. The van der Waals surface area contributed by atoms with E-state index < -0.39 is 0 Å². The number of amides is 2. The predicted molar refractivity (Wildman–Crippen MR) is 82.4 cm³/mol. The molecule has 0 aliphatic heterocycles. The van der Waals surface area contributed by atoms with Crippen LogP contribution in [0, 0.1) is 0 Å². The molecule has 0 saturated heterocycles. The van der Waals surface area contributed by atoms with Crippen molar-refractivity contribution < 1.29 is 9.59 Å². The Hall–Kier alpha value is -0.570. The number of hydrogen-bond acceptors (Lipinski definition) is 5. The molecule has 0 aliphatic rings. The predicted octanol–water partition coefficient (Wildman–Crippen LogP) is -1.61. The van der Waals surface area contributed by atoms with Gasteiger partial charge in [0.1, 0.15) is 0 Å². The van der Waals surface area contributed by atoms with Crippen LogP contribution in [0.4, 0.5) is 0 Å². The van der Waals surface area contributed by atoms with Crippen LogP contribution in [0.5, 0.6) is 0 Å². The fraction of sp³-hybridized carbons (Fsp3) is 0.818. The number of nitrogens with one attached hydrogen (secondary N) is 2. The van der Waals surface area contributed by atoms with Crippen molar-refractivity contribution in [1.82, 2.24) is 10.6 Å². The molecule has 0 rings (SSSR count). The van der Waals surface area contributed by atoms with E-state index in [0.29, 0.717) is 39.0 Å². The first-order valence-corrected chi connectivity index (χ1v) is 8.87. The highest BCUT2D eigenvalue weighted by Crippen LogP contribution is 1.94. The molecule has 1 unspecified atom stereocenters. The lowest BCUT2D eigenvalue weighted by Gasteiger charge is -2.07. The van der Waals surface area contributed by atoms with E-state index >= 15 is 0 Å². The quantitative estimate of drug-likeness (QED) is 0.367. The van der Waals surface area contributed by atoms with E-state index in [1.54, 1.807) is 0 Å². The Morgan fingerprint density at radius 1 is 0.947 bits per heavy atom. The van der Waals surface area contributed by atoms with Gasteiger partial charge in [-0.2, -0.15) is 0 Å². The van der Waals surface area contributed by atoms with Gasteiger partial charge in [0.15, 0.2) is 0 Å². The molecule has 0 aromatic heterocycles. The van der Waals surface area contributed by atoms with Gasteiger partial charge < -0.3 is 22.1 Å². The first-order chi connectivity index (χ1) is 9.10. The Labute approximate surface area is 121 Å². The average Bonchev–Trinajstić information content (AvgIpc) is 2.36. The van der Waals surface area contributed by atoms with Gasteiger partial charge in [-0.1, -0.05) is 11.2 Å². The Morgan fingerprint density at radius 3 is 2.21 bits per heavy atom. The Balaban J connectivity index is 3.49. The minimum absolute atomic E-state index is 0.0219. The summed E-state index contributed by atoms with van der Waals surface area (Å²) < 4.78 is 0. The molecule has 8 heteroatoms. The van der Waals surface area contributed by atoms with E-state index in [1.807, 2.05) is 0 Å². The fourth-order valence-corrected chi connectivity index (χ4v) is 2.92. The third kappa shape index (κ3) is 12.2. The van der Waals surface area contributed by atoms with E-state index in [4.69, 9.17) is 22.7 Å². The monoisotopic (exact) mass is 308 g/mol. The number of carbonyl (C=O) groups is 2. The van der Waals surface area contributed by atoms with Crippen LogP contribution in [0.15, 0.2) is 0 Å². The summed E-state index contributed by atoms with van der Waals surface area (Å²) in [6.45, 7) is 1.93. The Morgan fingerprint density at radius 2 is 1.58 bits per heavy atom. The fourth-order valence-electron chi connectivity index (χ4n) is 1.32. The van der Waals surface area contributed by atoms with Crippen molar-refractivity contribution in [3.05, 3.63) is 0 Å². The lowest BCUT2D eigenvalue weighted by atomic mass is 10.3. The summed E-state index contributed by atoms with van der Waals surface area (Å²) in [7, 11) is -0.180. The first-order valence-electron chi connectivity index (χ1n) is 6.38. The molecule has 0 aromatic rings. The normalized spacial score (nSPS) is 11.9. The van der Waals surface area contributed by atoms with Crippen LogP contribution in [0.2, 0.25) is 0 Å². The molecule has 0 fully saturated rings. The highest BCUT2D eigenvalue weighted by molar-refractivity contribution is 8.28. The van der Waals surface area contributed by atoms with E-state index in [2.05, 4.69) is 10.6 Å². The maximum Gasteiger partial charge on any atom is 0.221 e. The standard InChI is InChI=1S/C11H24N4O2S2/c12-4-3-11(17)15-7-9-19(18)8-1-2-10(16)14-6-5-13/h1-9,12-13H2,(H,14,16)(H,15,17). The van der Waals surface area contributed by atoms with Crippen molar-refractivity contribution >= 4 is 32.5 Å². The van der Waals surface area contributed by atoms with Gasteiger partial charge in [0, 0.05) is 44.8 Å². The smallest absolute Gasteiger partial charge is 0.221 e. The second-order valence-corrected chi connectivity index (χ2v) is 7.09. The average molecular weight is 308 g/mol. The molecule has 112 valence electrons. The summed E-state index contributed by atoms with van der Waals surface area (Å²) in [6.07, 6.45) is 1.62.